The molecular formula is C23H20N2O6. The first kappa shape index (κ1) is 20.2. The zero-order valence-corrected chi connectivity index (χ0v) is 16.8. The van der Waals surface area contributed by atoms with E-state index in [1.165, 1.54) is 12.1 Å². The van der Waals surface area contributed by atoms with E-state index < -0.39 is 10.8 Å². The minimum absolute atomic E-state index is 0.102. The normalized spacial score (nSPS) is 12.2. The number of nitrogens with one attached hydrogen (secondary N) is 1. The molecule has 1 aliphatic heterocycles. The minimum Gasteiger partial charge on any atom is -0.496 e. The maximum absolute atomic E-state index is 12.9. The van der Waals surface area contributed by atoms with Crippen molar-refractivity contribution < 1.29 is 23.9 Å². The predicted octanol–water partition coefficient (Wildman–Crippen LogP) is 4.22. The number of methoxy groups -OCH3 is 1. The summed E-state index contributed by atoms with van der Waals surface area (Å²) < 4.78 is 16.3. The highest BCUT2D eigenvalue weighted by molar-refractivity contribution is 6.07. The van der Waals surface area contributed by atoms with Gasteiger partial charge in [-0.15, -0.1) is 0 Å². The second-order valence-corrected chi connectivity index (χ2v) is 6.91. The molecule has 0 fully saturated rings. The highest BCUT2D eigenvalue weighted by Crippen LogP contribution is 2.37. The Kier molecular flexibility index (Phi) is 5.70. The summed E-state index contributed by atoms with van der Waals surface area (Å²) >= 11 is 0. The number of hydrogen-bond acceptors (Lipinski definition) is 6. The van der Waals surface area contributed by atoms with Gasteiger partial charge in [0, 0.05) is 23.7 Å². The van der Waals surface area contributed by atoms with Gasteiger partial charge in [0.15, 0.2) is 11.5 Å². The molecule has 0 saturated heterocycles. The Bertz CT molecular complexity index is 1130. The van der Waals surface area contributed by atoms with Crippen molar-refractivity contribution >= 4 is 17.3 Å². The fourth-order valence-electron chi connectivity index (χ4n) is 3.42. The lowest BCUT2D eigenvalue weighted by atomic mass is 10.0. The molecule has 0 unspecified atom stereocenters. The third-order valence-corrected chi connectivity index (χ3v) is 4.88. The molecule has 0 bridgehead atoms. The Morgan fingerprint density at radius 2 is 1.77 bits per heavy atom. The largest absolute Gasteiger partial charge is 0.496 e. The van der Waals surface area contributed by atoms with Crippen LogP contribution < -0.4 is 19.5 Å². The molecule has 31 heavy (non-hydrogen) atoms. The Hall–Kier alpha value is -4.07. The van der Waals surface area contributed by atoms with Gasteiger partial charge in [-0.3, -0.25) is 14.9 Å². The van der Waals surface area contributed by atoms with Crippen molar-refractivity contribution in [2.75, 3.05) is 25.6 Å². The number of hydrogen-bond donors (Lipinski definition) is 1. The van der Waals surface area contributed by atoms with E-state index in [2.05, 4.69) is 5.32 Å². The average Bonchev–Trinajstić information content (AvgIpc) is 2.79. The van der Waals surface area contributed by atoms with Gasteiger partial charge in [0.25, 0.3) is 11.6 Å². The molecule has 1 amide bonds. The second kappa shape index (κ2) is 8.74. The Morgan fingerprint density at radius 3 is 2.45 bits per heavy atom. The molecule has 0 aliphatic carbocycles. The van der Waals surface area contributed by atoms with Gasteiger partial charge in [-0.2, -0.15) is 0 Å². The van der Waals surface area contributed by atoms with Gasteiger partial charge in [0.1, 0.15) is 24.5 Å². The first-order valence-corrected chi connectivity index (χ1v) is 9.65. The van der Waals surface area contributed by atoms with Crippen LogP contribution in [0.3, 0.4) is 0 Å². The number of carbonyl (C=O) groups is 1. The van der Waals surface area contributed by atoms with E-state index in [4.69, 9.17) is 14.2 Å². The zero-order valence-electron chi connectivity index (χ0n) is 16.8. The predicted molar refractivity (Wildman–Crippen MR) is 114 cm³/mol. The van der Waals surface area contributed by atoms with Gasteiger partial charge in [-0.05, 0) is 23.8 Å². The summed E-state index contributed by atoms with van der Waals surface area (Å²) in [5.74, 6) is 0.636. The summed E-state index contributed by atoms with van der Waals surface area (Å²) in [5, 5.41) is 14.3. The fraction of sp³-hybridized carbons (Fsp3) is 0.174. The molecule has 1 aliphatic rings. The molecule has 4 rings (SSSR count). The molecule has 0 aromatic heterocycles. The maximum atomic E-state index is 12.9. The van der Waals surface area contributed by atoms with Crippen LogP contribution in [0.25, 0.3) is 0 Å². The summed E-state index contributed by atoms with van der Waals surface area (Å²) in [6, 6.07) is 17.7. The van der Waals surface area contributed by atoms with E-state index in [1.54, 1.807) is 25.3 Å². The molecule has 1 N–H and O–H groups in total. The van der Waals surface area contributed by atoms with Gasteiger partial charge < -0.3 is 19.5 Å². The van der Waals surface area contributed by atoms with Crippen molar-refractivity contribution in [3.63, 3.8) is 0 Å². The van der Waals surface area contributed by atoms with Gasteiger partial charge in [0.05, 0.1) is 18.1 Å². The maximum Gasteiger partial charge on any atom is 0.286 e. The van der Waals surface area contributed by atoms with Crippen LogP contribution in [0.2, 0.25) is 0 Å². The molecule has 3 aromatic carbocycles. The molecule has 0 spiro atoms. The summed E-state index contributed by atoms with van der Waals surface area (Å²) in [4.78, 5) is 23.8. The lowest BCUT2D eigenvalue weighted by Crippen LogP contribution is -2.18. The minimum atomic E-state index is -0.612. The van der Waals surface area contributed by atoms with Crippen molar-refractivity contribution in [3.05, 3.63) is 87.5 Å². The van der Waals surface area contributed by atoms with Crippen LogP contribution >= 0.6 is 0 Å². The molecule has 0 radical (unpaired) electrons. The van der Waals surface area contributed by atoms with E-state index in [-0.39, 0.29) is 17.0 Å². The summed E-state index contributed by atoms with van der Waals surface area (Å²) in [7, 11) is 1.58. The molecule has 1 heterocycles. The van der Waals surface area contributed by atoms with Crippen LogP contribution in [-0.2, 0) is 6.42 Å². The number of carbonyl (C=O) groups excluding carboxylic acids is 1. The number of ether oxygens (including phenoxy) is 3. The lowest BCUT2D eigenvalue weighted by Gasteiger charge is -2.19. The van der Waals surface area contributed by atoms with Gasteiger partial charge in [0.2, 0.25) is 0 Å². The van der Waals surface area contributed by atoms with Crippen LogP contribution in [0.15, 0.2) is 60.7 Å². The highest BCUT2D eigenvalue weighted by atomic mass is 16.6. The quantitative estimate of drug-likeness (QED) is 0.473. The Balaban J connectivity index is 1.63. The topological polar surface area (TPSA) is 99.9 Å². The van der Waals surface area contributed by atoms with Crippen molar-refractivity contribution in [1.82, 2.24) is 0 Å². The fourth-order valence-corrected chi connectivity index (χ4v) is 3.42. The highest BCUT2D eigenvalue weighted by Gasteiger charge is 2.26. The lowest BCUT2D eigenvalue weighted by molar-refractivity contribution is -0.385. The average molecular weight is 420 g/mol. The number of benzene rings is 3. The van der Waals surface area contributed by atoms with E-state index in [0.29, 0.717) is 36.8 Å². The third kappa shape index (κ3) is 4.42. The van der Waals surface area contributed by atoms with Gasteiger partial charge in [-0.1, -0.05) is 30.3 Å². The number of nitrogens with zero attached hydrogens (tertiary/aromatic N) is 1. The number of amides is 1. The van der Waals surface area contributed by atoms with Crippen molar-refractivity contribution in [2.45, 2.75) is 6.42 Å². The third-order valence-electron chi connectivity index (χ3n) is 4.88. The molecule has 8 heteroatoms. The second-order valence-electron chi connectivity index (χ2n) is 6.91. The zero-order chi connectivity index (χ0) is 21.8. The number of fused-ring (bicyclic) bond motifs is 1. The van der Waals surface area contributed by atoms with Crippen LogP contribution in [0.5, 0.6) is 17.2 Å². The SMILES string of the molecule is COc1ccc(NC(=O)c2cc3c(cc2[N+](=O)[O-])OCCO3)cc1Cc1ccccc1. The number of anilines is 1. The van der Waals surface area contributed by atoms with Crippen molar-refractivity contribution in [1.29, 1.82) is 0 Å². The van der Waals surface area contributed by atoms with E-state index in [9.17, 15) is 14.9 Å². The van der Waals surface area contributed by atoms with Crippen molar-refractivity contribution in [3.8, 4) is 17.2 Å². The smallest absolute Gasteiger partial charge is 0.286 e. The molecule has 0 saturated carbocycles. The molecule has 158 valence electrons. The summed E-state index contributed by atoms with van der Waals surface area (Å²) in [5.41, 5.74) is 2.02. The van der Waals surface area contributed by atoms with Crippen molar-refractivity contribution in [2.24, 2.45) is 0 Å². The van der Waals surface area contributed by atoms with Crippen LogP contribution in [0, 0.1) is 10.1 Å². The first-order valence-electron chi connectivity index (χ1n) is 9.65. The number of nitro groups is 1. The molecule has 8 nitrogen and oxygen atoms in total. The van der Waals surface area contributed by atoms with Gasteiger partial charge in [-0.25, -0.2) is 0 Å². The Morgan fingerprint density at radius 1 is 1.06 bits per heavy atom. The standard InChI is InChI=1S/C23H20N2O6/c1-29-20-8-7-17(12-16(20)11-15-5-3-2-4-6-15)24-23(26)18-13-21-22(31-10-9-30-21)14-19(18)25(27)28/h2-8,12-14H,9-11H2,1H3,(H,24,26). The van der Waals surface area contributed by atoms with E-state index >= 15 is 0 Å². The first-order chi connectivity index (χ1) is 15.0. The summed E-state index contributed by atoms with van der Waals surface area (Å²) in [6.45, 7) is 0.610. The Labute approximate surface area is 178 Å². The molecule has 0 atom stereocenters. The number of rotatable bonds is 6. The molecule has 3 aromatic rings. The van der Waals surface area contributed by atoms with E-state index in [0.717, 1.165) is 11.1 Å². The van der Waals surface area contributed by atoms with Gasteiger partial charge >= 0.3 is 0 Å². The van der Waals surface area contributed by atoms with Crippen LogP contribution in [-0.4, -0.2) is 31.2 Å². The molecular weight excluding hydrogens is 400 g/mol. The van der Waals surface area contributed by atoms with Crippen LogP contribution in [0.1, 0.15) is 21.5 Å². The van der Waals surface area contributed by atoms with Crippen LogP contribution in [0.4, 0.5) is 11.4 Å². The number of nitro benzene ring substituents is 1. The summed E-state index contributed by atoms with van der Waals surface area (Å²) in [6.07, 6.45) is 0.609. The van der Waals surface area contributed by atoms with E-state index in [1.807, 2.05) is 30.3 Å². The monoisotopic (exact) mass is 420 g/mol.